The summed E-state index contributed by atoms with van der Waals surface area (Å²) in [5.74, 6) is 2.61. The molecule has 6 aliphatic rings. The Morgan fingerprint density at radius 1 is 0.898 bits per heavy atom. The molecule has 1 aromatic rings. The van der Waals surface area contributed by atoms with Crippen LogP contribution in [0.25, 0.3) is 5.57 Å². The van der Waals surface area contributed by atoms with E-state index in [-0.39, 0.29) is 39.1 Å². The fraction of sp³-hybridized carbons (Fsp3) is 0.738. The lowest BCUT2D eigenvalue weighted by atomic mass is 9.33. The van der Waals surface area contributed by atoms with Crippen molar-refractivity contribution in [2.24, 2.45) is 57.2 Å². The Labute approximate surface area is 294 Å². The first-order valence-electron chi connectivity index (χ1n) is 19.5. The number of aromatic carboxylic acids is 1. The molecule has 5 fully saturated rings. The summed E-state index contributed by atoms with van der Waals surface area (Å²) in [6, 6.07) is 7.58. The monoisotopic (exact) mass is 671 g/mol. The number of amides is 3. The number of hydrogen-bond acceptors (Lipinski definition) is 3. The van der Waals surface area contributed by atoms with Gasteiger partial charge in [0, 0.05) is 31.6 Å². The fourth-order valence-corrected chi connectivity index (χ4v) is 13.8. The quantitative estimate of drug-likeness (QED) is 0.299. The van der Waals surface area contributed by atoms with Gasteiger partial charge in [-0.15, -0.1) is 0 Å². The lowest BCUT2D eigenvalue weighted by molar-refractivity contribution is -0.220. The highest BCUT2D eigenvalue weighted by molar-refractivity contribution is 5.88. The van der Waals surface area contributed by atoms with Gasteiger partial charge in [-0.05, 0) is 138 Å². The third kappa shape index (κ3) is 5.12. The molecular formula is C42H61N3O4. The maximum Gasteiger partial charge on any atom is 0.335 e. The zero-order chi connectivity index (χ0) is 35.1. The van der Waals surface area contributed by atoms with E-state index in [0.717, 1.165) is 31.2 Å². The van der Waals surface area contributed by atoms with Gasteiger partial charge in [-0.1, -0.05) is 66.7 Å². The normalized spacial score (nSPS) is 41.3. The molecule has 5 aliphatic carbocycles. The number of nitrogens with one attached hydrogen (secondary N) is 2. The van der Waals surface area contributed by atoms with E-state index in [1.54, 1.807) is 12.1 Å². The average molecular weight is 672 g/mol. The largest absolute Gasteiger partial charge is 0.478 e. The molecular weight excluding hydrogens is 610 g/mol. The Kier molecular flexibility index (Phi) is 8.38. The molecule has 7 rings (SSSR count). The summed E-state index contributed by atoms with van der Waals surface area (Å²) in [7, 11) is 0. The highest BCUT2D eigenvalue weighted by Crippen LogP contribution is 2.76. The molecule has 3 N–H and O–H groups in total. The minimum atomic E-state index is -0.876. The van der Waals surface area contributed by atoms with Crippen molar-refractivity contribution in [2.45, 2.75) is 118 Å². The van der Waals surface area contributed by atoms with Crippen LogP contribution in [0.15, 0.2) is 30.3 Å². The maximum absolute atomic E-state index is 14.0. The van der Waals surface area contributed by atoms with Crippen LogP contribution in [0, 0.1) is 57.2 Å². The van der Waals surface area contributed by atoms with Crippen molar-refractivity contribution < 1.29 is 19.5 Å². The first kappa shape index (κ1) is 34.6. The Bertz CT molecular complexity index is 1530. The summed E-state index contributed by atoms with van der Waals surface area (Å²) >= 11 is 0. The SMILES string of the molecule is CC(C)[C@@H]1CC[C@]2(NC(=O)N3CCNC(=O)CC3)CC[C@]3(C)[C@H](CC[C@@H]4[C@@]5(C)CC=C(c6ccc(C(=O)O)cc6)C(C)(C)[C@@H]5CC[C@]43C)[C@@H]12. The molecule has 1 aromatic carbocycles. The van der Waals surface area contributed by atoms with E-state index in [0.29, 0.717) is 67.1 Å². The lowest BCUT2D eigenvalue weighted by Crippen LogP contribution is -2.69. The van der Waals surface area contributed by atoms with Crippen LogP contribution in [-0.2, 0) is 4.79 Å². The first-order chi connectivity index (χ1) is 23.1. The topological polar surface area (TPSA) is 98.7 Å². The average Bonchev–Trinajstić information content (AvgIpc) is 3.28. The molecule has 49 heavy (non-hydrogen) atoms. The van der Waals surface area contributed by atoms with E-state index in [9.17, 15) is 19.5 Å². The van der Waals surface area contributed by atoms with Crippen molar-refractivity contribution in [3.8, 4) is 0 Å². The molecule has 268 valence electrons. The molecule has 1 heterocycles. The number of allylic oxidation sites excluding steroid dienone is 2. The van der Waals surface area contributed by atoms with Gasteiger partial charge >= 0.3 is 12.0 Å². The van der Waals surface area contributed by atoms with Crippen LogP contribution in [0.5, 0.6) is 0 Å². The van der Waals surface area contributed by atoms with Gasteiger partial charge in [0.1, 0.15) is 0 Å². The number of fused-ring (bicyclic) bond motifs is 7. The summed E-state index contributed by atoms with van der Waals surface area (Å²) < 4.78 is 0. The number of urea groups is 1. The second-order valence-electron chi connectivity index (χ2n) is 18.7. The minimum absolute atomic E-state index is 0.00944. The molecule has 0 radical (unpaired) electrons. The van der Waals surface area contributed by atoms with E-state index in [1.165, 1.54) is 37.7 Å². The van der Waals surface area contributed by atoms with E-state index in [1.807, 2.05) is 17.0 Å². The smallest absolute Gasteiger partial charge is 0.335 e. The van der Waals surface area contributed by atoms with Crippen molar-refractivity contribution in [3.63, 3.8) is 0 Å². The van der Waals surface area contributed by atoms with Crippen molar-refractivity contribution in [2.75, 3.05) is 19.6 Å². The van der Waals surface area contributed by atoms with Crippen molar-refractivity contribution >= 4 is 23.5 Å². The molecule has 0 unspecified atom stereocenters. The fourth-order valence-electron chi connectivity index (χ4n) is 13.8. The number of nitrogens with zero attached hydrogens (tertiary/aromatic N) is 1. The number of carbonyl (C=O) groups is 3. The van der Waals surface area contributed by atoms with Gasteiger partial charge in [-0.25, -0.2) is 9.59 Å². The van der Waals surface area contributed by atoms with Crippen LogP contribution in [0.1, 0.15) is 129 Å². The molecule has 7 heteroatoms. The second kappa shape index (κ2) is 11.9. The standard InChI is InChI=1S/C42H61N3O4/c1-26(2)29-14-20-42(44-37(49)45-24-17-34(46)43-23-25-45)22-21-40(6)31(35(29)42)12-13-33-39(5)18-15-30(27-8-10-28(11-9-27)36(47)48)38(3,4)32(39)16-19-41(33,40)7/h8-11,15,26,29,31-33,35H,12-14,16-25H2,1-7H3,(H,43,46)(H,44,49)(H,47,48)/t29-,31+,32-,33+,35+,39-,40+,41+,42-/m0/s1. The third-order valence-electron chi connectivity index (χ3n) is 16.3. The van der Waals surface area contributed by atoms with Gasteiger partial charge in [0.25, 0.3) is 0 Å². The zero-order valence-corrected chi connectivity index (χ0v) is 31.2. The summed E-state index contributed by atoms with van der Waals surface area (Å²) in [4.78, 5) is 39.4. The summed E-state index contributed by atoms with van der Waals surface area (Å²) in [6.07, 6.45) is 13.4. The minimum Gasteiger partial charge on any atom is -0.478 e. The lowest BCUT2D eigenvalue weighted by Gasteiger charge is -2.72. The molecule has 3 amide bonds. The van der Waals surface area contributed by atoms with Crippen LogP contribution >= 0.6 is 0 Å². The van der Waals surface area contributed by atoms with Crippen LogP contribution in [0.3, 0.4) is 0 Å². The molecule has 0 aromatic heterocycles. The molecule has 0 spiro atoms. The van der Waals surface area contributed by atoms with E-state index >= 15 is 0 Å². The van der Waals surface area contributed by atoms with E-state index in [2.05, 4.69) is 65.2 Å². The van der Waals surface area contributed by atoms with Gasteiger partial charge in [-0.2, -0.15) is 0 Å². The number of benzene rings is 1. The molecule has 9 atom stereocenters. The number of hydrogen-bond donors (Lipinski definition) is 3. The first-order valence-corrected chi connectivity index (χ1v) is 19.5. The van der Waals surface area contributed by atoms with Crippen molar-refractivity contribution in [1.82, 2.24) is 15.5 Å². The van der Waals surface area contributed by atoms with Gasteiger partial charge in [0.15, 0.2) is 0 Å². The number of carboxylic acid groups (broad SMARTS) is 1. The number of carboxylic acids is 1. The Morgan fingerprint density at radius 2 is 1.63 bits per heavy atom. The molecule has 7 nitrogen and oxygen atoms in total. The maximum atomic E-state index is 14.0. The van der Waals surface area contributed by atoms with Gasteiger partial charge in [0.2, 0.25) is 5.91 Å². The molecule has 4 saturated carbocycles. The molecule has 1 aliphatic heterocycles. The van der Waals surface area contributed by atoms with Gasteiger partial charge < -0.3 is 20.6 Å². The van der Waals surface area contributed by atoms with Crippen molar-refractivity contribution in [1.29, 1.82) is 0 Å². The van der Waals surface area contributed by atoms with E-state index < -0.39 is 5.97 Å². The summed E-state index contributed by atoms with van der Waals surface area (Å²) in [6.45, 7) is 19.3. The van der Waals surface area contributed by atoms with Crippen LogP contribution in [0.4, 0.5) is 4.79 Å². The Hall–Kier alpha value is -2.83. The Balaban J connectivity index is 1.19. The second-order valence-corrected chi connectivity index (χ2v) is 18.7. The van der Waals surface area contributed by atoms with Crippen LogP contribution < -0.4 is 10.6 Å². The molecule has 0 bridgehead atoms. The number of carbonyl (C=O) groups excluding carboxylic acids is 2. The Morgan fingerprint density at radius 3 is 2.33 bits per heavy atom. The van der Waals surface area contributed by atoms with E-state index in [4.69, 9.17) is 0 Å². The van der Waals surface area contributed by atoms with Crippen LogP contribution in [0.2, 0.25) is 0 Å². The highest BCUT2D eigenvalue weighted by atomic mass is 16.4. The predicted molar refractivity (Wildman–Crippen MR) is 194 cm³/mol. The summed E-state index contributed by atoms with van der Waals surface area (Å²) in [5.41, 5.74) is 3.34. The highest BCUT2D eigenvalue weighted by Gasteiger charge is 2.70. The van der Waals surface area contributed by atoms with Gasteiger partial charge in [0.05, 0.1) is 5.56 Å². The van der Waals surface area contributed by atoms with Crippen molar-refractivity contribution in [3.05, 3.63) is 41.5 Å². The molecule has 1 saturated heterocycles. The van der Waals surface area contributed by atoms with Crippen LogP contribution in [-0.4, -0.2) is 53.1 Å². The zero-order valence-electron chi connectivity index (χ0n) is 31.2. The summed E-state index contributed by atoms with van der Waals surface area (Å²) in [5, 5.41) is 16.1. The third-order valence-corrected chi connectivity index (χ3v) is 16.3. The number of rotatable bonds is 4. The predicted octanol–water partition coefficient (Wildman–Crippen LogP) is 8.40. The van der Waals surface area contributed by atoms with Gasteiger partial charge in [-0.3, -0.25) is 4.79 Å².